The molecule has 0 aliphatic carbocycles. The van der Waals surface area contributed by atoms with Crippen LogP contribution >= 0.6 is 0 Å². The molecule has 2 amide bonds. The van der Waals surface area contributed by atoms with Crippen LogP contribution in [0, 0.1) is 5.92 Å². The van der Waals surface area contributed by atoms with Crippen molar-refractivity contribution in [2.45, 2.75) is 39.2 Å². The highest BCUT2D eigenvalue weighted by Crippen LogP contribution is 2.19. The average Bonchev–Trinajstić information content (AvgIpc) is 2.26. The normalized spacial score (nSPS) is 20.9. The predicted octanol–water partition coefficient (Wildman–Crippen LogP) is 0.623. The van der Waals surface area contributed by atoms with Crippen LogP contribution < -0.4 is 11.3 Å². The van der Waals surface area contributed by atoms with Crippen LogP contribution in [0.25, 0.3) is 0 Å². The van der Waals surface area contributed by atoms with E-state index in [0.717, 1.165) is 12.8 Å². The molecule has 0 spiro atoms. The van der Waals surface area contributed by atoms with E-state index in [1.165, 1.54) is 0 Å². The second-order valence-corrected chi connectivity index (χ2v) is 5.27. The van der Waals surface area contributed by atoms with Crippen molar-refractivity contribution in [2.75, 3.05) is 13.1 Å². The molecule has 0 aromatic rings. The minimum absolute atomic E-state index is 0.224. The summed E-state index contributed by atoms with van der Waals surface area (Å²) in [4.78, 5) is 24.8. The van der Waals surface area contributed by atoms with Gasteiger partial charge in [-0.2, -0.15) is 0 Å². The van der Waals surface area contributed by atoms with E-state index in [0.29, 0.717) is 13.1 Å². The van der Waals surface area contributed by atoms with Gasteiger partial charge in [-0.1, -0.05) is 0 Å². The molecule has 6 nitrogen and oxygen atoms in total. The summed E-state index contributed by atoms with van der Waals surface area (Å²) in [7, 11) is 0. The molecule has 98 valence electrons. The Morgan fingerprint density at radius 1 is 1.41 bits per heavy atom. The van der Waals surface area contributed by atoms with Crippen LogP contribution in [0.15, 0.2) is 0 Å². The van der Waals surface area contributed by atoms with Gasteiger partial charge in [-0.25, -0.2) is 10.6 Å². The minimum Gasteiger partial charge on any atom is -0.444 e. The van der Waals surface area contributed by atoms with Crippen molar-refractivity contribution in [3.63, 3.8) is 0 Å². The maximum Gasteiger partial charge on any atom is 0.410 e. The zero-order valence-electron chi connectivity index (χ0n) is 10.7. The van der Waals surface area contributed by atoms with Gasteiger partial charge < -0.3 is 9.64 Å². The first-order chi connectivity index (χ1) is 7.83. The van der Waals surface area contributed by atoms with Crippen molar-refractivity contribution in [3.8, 4) is 0 Å². The topological polar surface area (TPSA) is 84.7 Å². The lowest BCUT2D eigenvalue weighted by Crippen LogP contribution is -2.48. The second-order valence-electron chi connectivity index (χ2n) is 5.27. The number of nitrogens with two attached hydrogens (primary N) is 1. The number of ether oxygens (including phenoxy) is 1. The maximum absolute atomic E-state index is 11.8. The van der Waals surface area contributed by atoms with Crippen LogP contribution in [0.5, 0.6) is 0 Å². The first-order valence-electron chi connectivity index (χ1n) is 5.82. The van der Waals surface area contributed by atoms with Gasteiger partial charge in [0.1, 0.15) is 5.60 Å². The fourth-order valence-electron chi connectivity index (χ4n) is 1.80. The van der Waals surface area contributed by atoms with Gasteiger partial charge in [-0.3, -0.25) is 10.2 Å². The summed E-state index contributed by atoms with van der Waals surface area (Å²) in [6.07, 6.45) is 1.17. The summed E-state index contributed by atoms with van der Waals surface area (Å²) in [6.45, 7) is 6.46. The monoisotopic (exact) mass is 243 g/mol. The van der Waals surface area contributed by atoms with Gasteiger partial charge >= 0.3 is 6.09 Å². The predicted molar refractivity (Wildman–Crippen MR) is 62.9 cm³/mol. The third-order valence-corrected chi connectivity index (χ3v) is 2.59. The van der Waals surface area contributed by atoms with E-state index in [1.54, 1.807) is 4.90 Å². The molecule has 1 rings (SSSR count). The molecule has 1 heterocycles. The number of hydrogen-bond acceptors (Lipinski definition) is 4. The summed E-state index contributed by atoms with van der Waals surface area (Å²) in [5.74, 6) is 4.63. The molecular weight excluding hydrogens is 222 g/mol. The molecule has 1 aliphatic heterocycles. The molecule has 0 aromatic heterocycles. The molecule has 0 saturated carbocycles. The average molecular weight is 243 g/mol. The Labute approximate surface area is 101 Å². The summed E-state index contributed by atoms with van der Waals surface area (Å²) >= 11 is 0. The smallest absolute Gasteiger partial charge is 0.410 e. The fourth-order valence-corrected chi connectivity index (χ4v) is 1.80. The number of piperidine rings is 1. The lowest BCUT2D eigenvalue weighted by Gasteiger charge is -2.33. The number of likely N-dealkylation sites (tertiary alicyclic amines) is 1. The van der Waals surface area contributed by atoms with Crippen LogP contribution in [0.4, 0.5) is 4.79 Å². The molecule has 0 bridgehead atoms. The zero-order chi connectivity index (χ0) is 13.1. The minimum atomic E-state index is -0.514. The molecule has 17 heavy (non-hydrogen) atoms. The third-order valence-electron chi connectivity index (χ3n) is 2.59. The molecule has 1 atom stereocenters. The second kappa shape index (κ2) is 5.35. The summed E-state index contributed by atoms with van der Waals surface area (Å²) in [5, 5.41) is 0. The summed E-state index contributed by atoms with van der Waals surface area (Å²) in [5.41, 5.74) is 1.61. The Bertz CT molecular complexity index is 299. The SMILES string of the molecule is CC(C)(C)OC(=O)N1CCCC(C(=O)NN)C1. The molecule has 0 radical (unpaired) electrons. The Morgan fingerprint density at radius 2 is 2.06 bits per heavy atom. The fraction of sp³-hybridized carbons (Fsp3) is 0.818. The molecule has 1 aliphatic rings. The highest BCUT2D eigenvalue weighted by molar-refractivity contribution is 5.79. The summed E-state index contributed by atoms with van der Waals surface area (Å²) < 4.78 is 5.26. The molecular formula is C11H21N3O3. The molecule has 1 unspecified atom stereocenters. The van der Waals surface area contributed by atoms with Gasteiger partial charge in [0, 0.05) is 13.1 Å². The van der Waals surface area contributed by atoms with E-state index in [9.17, 15) is 9.59 Å². The van der Waals surface area contributed by atoms with Crippen molar-refractivity contribution in [1.29, 1.82) is 0 Å². The standard InChI is InChI=1S/C11H21N3O3/c1-11(2,3)17-10(16)14-6-4-5-8(7-14)9(15)13-12/h8H,4-7,12H2,1-3H3,(H,13,15). The number of hydrogen-bond donors (Lipinski definition) is 2. The number of carbonyl (C=O) groups excluding carboxylic acids is 2. The van der Waals surface area contributed by atoms with Crippen molar-refractivity contribution in [3.05, 3.63) is 0 Å². The quantitative estimate of drug-likeness (QED) is 0.402. The number of nitrogens with zero attached hydrogens (tertiary/aromatic N) is 1. The van der Waals surface area contributed by atoms with Crippen molar-refractivity contribution in [2.24, 2.45) is 11.8 Å². The first-order valence-corrected chi connectivity index (χ1v) is 5.82. The lowest BCUT2D eigenvalue weighted by atomic mass is 9.98. The van der Waals surface area contributed by atoms with Gasteiger partial charge in [0.25, 0.3) is 0 Å². The van der Waals surface area contributed by atoms with Crippen LogP contribution in [0.3, 0.4) is 0 Å². The summed E-state index contributed by atoms with van der Waals surface area (Å²) in [6, 6.07) is 0. The number of rotatable bonds is 1. The van der Waals surface area contributed by atoms with Gasteiger partial charge in [0.2, 0.25) is 5.91 Å². The number of carbonyl (C=O) groups is 2. The number of amides is 2. The van der Waals surface area contributed by atoms with E-state index in [-0.39, 0.29) is 17.9 Å². The van der Waals surface area contributed by atoms with E-state index in [4.69, 9.17) is 10.6 Å². The van der Waals surface area contributed by atoms with Crippen molar-refractivity contribution in [1.82, 2.24) is 10.3 Å². The number of hydrazine groups is 1. The van der Waals surface area contributed by atoms with Crippen LogP contribution in [0.2, 0.25) is 0 Å². The van der Waals surface area contributed by atoms with Gasteiger partial charge in [-0.05, 0) is 33.6 Å². The molecule has 0 aromatic carbocycles. The lowest BCUT2D eigenvalue weighted by molar-refractivity contribution is -0.126. The number of nitrogens with one attached hydrogen (secondary N) is 1. The molecule has 1 saturated heterocycles. The third kappa shape index (κ3) is 4.22. The Morgan fingerprint density at radius 3 is 2.59 bits per heavy atom. The van der Waals surface area contributed by atoms with Crippen LogP contribution in [0.1, 0.15) is 33.6 Å². The van der Waals surface area contributed by atoms with E-state index in [1.807, 2.05) is 20.8 Å². The van der Waals surface area contributed by atoms with Gasteiger partial charge in [0.15, 0.2) is 0 Å². The van der Waals surface area contributed by atoms with E-state index < -0.39 is 5.60 Å². The van der Waals surface area contributed by atoms with Crippen LogP contribution in [-0.4, -0.2) is 35.6 Å². The zero-order valence-corrected chi connectivity index (χ0v) is 10.7. The largest absolute Gasteiger partial charge is 0.444 e. The Balaban J connectivity index is 2.55. The first kappa shape index (κ1) is 13.8. The van der Waals surface area contributed by atoms with Gasteiger partial charge in [0.05, 0.1) is 5.92 Å². The Hall–Kier alpha value is -1.30. The Kier molecular flexibility index (Phi) is 4.34. The molecule has 6 heteroatoms. The highest BCUT2D eigenvalue weighted by Gasteiger charge is 2.30. The van der Waals surface area contributed by atoms with Crippen molar-refractivity contribution >= 4 is 12.0 Å². The molecule has 3 N–H and O–H groups in total. The van der Waals surface area contributed by atoms with E-state index >= 15 is 0 Å². The maximum atomic E-state index is 11.8. The van der Waals surface area contributed by atoms with Gasteiger partial charge in [-0.15, -0.1) is 0 Å². The highest BCUT2D eigenvalue weighted by atomic mass is 16.6. The molecule has 1 fully saturated rings. The van der Waals surface area contributed by atoms with Crippen LogP contribution in [-0.2, 0) is 9.53 Å². The van der Waals surface area contributed by atoms with Crippen molar-refractivity contribution < 1.29 is 14.3 Å². The van der Waals surface area contributed by atoms with E-state index in [2.05, 4.69) is 5.43 Å².